The van der Waals surface area contributed by atoms with E-state index in [0.29, 0.717) is 6.61 Å². The zero-order valence-electron chi connectivity index (χ0n) is 10.1. The molecule has 1 aliphatic heterocycles. The Kier molecular flexibility index (Phi) is 2.80. The topological polar surface area (TPSA) is 41.5 Å². The van der Waals surface area contributed by atoms with Gasteiger partial charge in [0, 0.05) is 17.2 Å². The Morgan fingerprint density at radius 1 is 1.50 bits per heavy atom. The Labute approximate surface area is 96.4 Å². The van der Waals surface area contributed by atoms with Gasteiger partial charge < -0.3 is 15.2 Å². The average molecular weight is 221 g/mol. The summed E-state index contributed by atoms with van der Waals surface area (Å²) in [5, 5.41) is 12.9. The van der Waals surface area contributed by atoms with Crippen LogP contribution in [-0.2, 0) is 0 Å². The molecular weight excluding hydrogens is 202 g/mol. The SMILES string of the molecule is CCC(C)(C)NC1COc2cc(O)ccc21. The number of hydrogen-bond donors (Lipinski definition) is 2. The average Bonchev–Trinajstić information content (AvgIpc) is 2.60. The van der Waals surface area contributed by atoms with E-state index in [1.165, 1.54) is 0 Å². The summed E-state index contributed by atoms with van der Waals surface area (Å²) in [6, 6.07) is 5.54. The Morgan fingerprint density at radius 2 is 2.25 bits per heavy atom. The third-order valence-corrected chi connectivity index (χ3v) is 3.23. The van der Waals surface area contributed by atoms with Gasteiger partial charge in [0.15, 0.2) is 0 Å². The Morgan fingerprint density at radius 3 is 2.94 bits per heavy atom. The van der Waals surface area contributed by atoms with Gasteiger partial charge in [-0.25, -0.2) is 0 Å². The highest BCUT2D eigenvalue weighted by atomic mass is 16.5. The predicted octanol–water partition coefficient (Wildman–Crippen LogP) is 2.60. The largest absolute Gasteiger partial charge is 0.508 e. The number of hydrogen-bond acceptors (Lipinski definition) is 3. The van der Waals surface area contributed by atoms with Crippen molar-refractivity contribution >= 4 is 0 Å². The minimum absolute atomic E-state index is 0.105. The molecule has 3 nitrogen and oxygen atoms in total. The maximum Gasteiger partial charge on any atom is 0.127 e. The van der Waals surface area contributed by atoms with Crippen molar-refractivity contribution in [2.45, 2.75) is 38.8 Å². The van der Waals surface area contributed by atoms with Gasteiger partial charge in [-0.1, -0.05) is 6.92 Å². The quantitative estimate of drug-likeness (QED) is 0.824. The lowest BCUT2D eigenvalue weighted by Gasteiger charge is -2.28. The van der Waals surface area contributed by atoms with Crippen LogP contribution in [0.5, 0.6) is 11.5 Å². The molecule has 0 fully saturated rings. The van der Waals surface area contributed by atoms with Crippen LogP contribution in [0.25, 0.3) is 0 Å². The molecule has 0 saturated heterocycles. The first-order chi connectivity index (χ1) is 7.52. The molecule has 1 unspecified atom stereocenters. The first kappa shape index (κ1) is 11.3. The maximum atomic E-state index is 9.36. The number of aromatic hydroxyl groups is 1. The molecule has 2 N–H and O–H groups in total. The number of ether oxygens (including phenoxy) is 1. The van der Waals surface area contributed by atoms with Crippen LogP contribution >= 0.6 is 0 Å². The number of phenolic OH excluding ortho intramolecular Hbond substituents is 1. The molecule has 1 atom stereocenters. The molecule has 1 aliphatic rings. The fourth-order valence-corrected chi connectivity index (χ4v) is 1.89. The molecule has 0 saturated carbocycles. The zero-order valence-corrected chi connectivity index (χ0v) is 10.1. The van der Waals surface area contributed by atoms with Gasteiger partial charge in [0.2, 0.25) is 0 Å². The van der Waals surface area contributed by atoms with Gasteiger partial charge in [-0.15, -0.1) is 0 Å². The van der Waals surface area contributed by atoms with Crippen LogP contribution in [0.3, 0.4) is 0 Å². The molecule has 1 aromatic carbocycles. The summed E-state index contributed by atoms with van der Waals surface area (Å²) in [5.74, 6) is 1.05. The molecule has 0 radical (unpaired) electrons. The fourth-order valence-electron chi connectivity index (χ4n) is 1.89. The Balaban J connectivity index is 2.18. The van der Waals surface area contributed by atoms with Crippen LogP contribution < -0.4 is 10.1 Å². The van der Waals surface area contributed by atoms with Gasteiger partial charge in [0.25, 0.3) is 0 Å². The minimum Gasteiger partial charge on any atom is -0.508 e. The summed E-state index contributed by atoms with van der Waals surface area (Å²) < 4.78 is 5.56. The lowest BCUT2D eigenvalue weighted by Crippen LogP contribution is -2.41. The Bertz CT molecular complexity index is 388. The van der Waals surface area contributed by atoms with E-state index in [1.807, 2.05) is 6.07 Å². The molecular formula is C13H19NO2. The normalized spacial score (nSPS) is 19.3. The van der Waals surface area contributed by atoms with Crippen molar-refractivity contribution in [2.75, 3.05) is 6.61 Å². The van der Waals surface area contributed by atoms with E-state index < -0.39 is 0 Å². The summed E-state index contributed by atoms with van der Waals surface area (Å²) in [5.41, 5.74) is 1.24. The van der Waals surface area contributed by atoms with Gasteiger partial charge in [0.1, 0.15) is 18.1 Å². The molecule has 0 spiro atoms. The zero-order chi connectivity index (χ0) is 11.8. The molecule has 0 amide bonds. The van der Waals surface area contributed by atoms with Gasteiger partial charge in [0.05, 0.1) is 6.04 Å². The number of benzene rings is 1. The molecule has 0 bridgehead atoms. The van der Waals surface area contributed by atoms with E-state index in [-0.39, 0.29) is 17.3 Å². The van der Waals surface area contributed by atoms with E-state index in [0.717, 1.165) is 17.7 Å². The van der Waals surface area contributed by atoms with Crippen LogP contribution in [0.2, 0.25) is 0 Å². The van der Waals surface area contributed by atoms with Gasteiger partial charge in [-0.05, 0) is 32.4 Å². The monoisotopic (exact) mass is 221 g/mol. The Hall–Kier alpha value is -1.22. The number of phenols is 1. The van der Waals surface area contributed by atoms with Crippen molar-refractivity contribution in [3.05, 3.63) is 23.8 Å². The van der Waals surface area contributed by atoms with E-state index >= 15 is 0 Å². The number of nitrogens with one attached hydrogen (secondary N) is 1. The molecule has 0 aromatic heterocycles. The number of rotatable bonds is 3. The van der Waals surface area contributed by atoms with Crippen molar-refractivity contribution in [1.29, 1.82) is 0 Å². The second-order valence-electron chi connectivity index (χ2n) is 4.97. The van der Waals surface area contributed by atoms with Crippen LogP contribution in [-0.4, -0.2) is 17.3 Å². The van der Waals surface area contributed by atoms with Crippen LogP contribution in [0.1, 0.15) is 38.8 Å². The van der Waals surface area contributed by atoms with Crippen LogP contribution in [0, 0.1) is 0 Å². The fraction of sp³-hybridized carbons (Fsp3) is 0.538. The highest BCUT2D eigenvalue weighted by molar-refractivity contribution is 5.44. The van der Waals surface area contributed by atoms with Gasteiger partial charge >= 0.3 is 0 Å². The second kappa shape index (κ2) is 3.98. The highest BCUT2D eigenvalue weighted by Crippen LogP contribution is 2.35. The molecule has 88 valence electrons. The first-order valence-corrected chi connectivity index (χ1v) is 5.75. The molecule has 16 heavy (non-hydrogen) atoms. The van der Waals surface area contributed by atoms with Gasteiger partial charge in [-0.2, -0.15) is 0 Å². The van der Waals surface area contributed by atoms with Crippen molar-refractivity contribution < 1.29 is 9.84 Å². The summed E-state index contributed by atoms with van der Waals surface area (Å²) in [4.78, 5) is 0. The molecule has 2 rings (SSSR count). The lowest BCUT2D eigenvalue weighted by molar-refractivity contribution is 0.262. The van der Waals surface area contributed by atoms with E-state index in [4.69, 9.17) is 4.74 Å². The smallest absolute Gasteiger partial charge is 0.127 e. The van der Waals surface area contributed by atoms with Crippen LogP contribution in [0.15, 0.2) is 18.2 Å². The summed E-state index contributed by atoms with van der Waals surface area (Å²) in [6.07, 6.45) is 1.07. The van der Waals surface area contributed by atoms with E-state index in [2.05, 4.69) is 26.1 Å². The van der Waals surface area contributed by atoms with Gasteiger partial charge in [-0.3, -0.25) is 0 Å². The standard InChI is InChI=1S/C13H19NO2/c1-4-13(2,3)14-11-8-16-12-7-9(15)5-6-10(11)12/h5-7,11,14-15H,4,8H2,1-3H3. The third-order valence-electron chi connectivity index (χ3n) is 3.23. The van der Waals surface area contributed by atoms with Crippen molar-refractivity contribution in [3.8, 4) is 11.5 Å². The summed E-state index contributed by atoms with van der Waals surface area (Å²) >= 11 is 0. The minimum atomic E-state index is 0.105. The molecule has 1 heterocycles. The third kappa shape index (κ3) is 2.14. The van der Waals surface area contributed by atoms with Crippen molar-refractivity contribution in [3.63, 3.8) is 0 Å². The van der Waals surface area contributed by atoms with E-state index in [1.54, 1.807) is 12.1 Å². The van der Waals surface area contributed by atoms with Crippen molar-refractivity contribution in [1.82, 2.24) is 5.32 Å². The molecule has 3 heteroatoms. The second-order valence-corrected chi connectivity index (χ2v) is 4.97. The summed E-state index contributed by atoms with van der Waals surface area (Å²) in [7, 11) is 0. The van der Waals surface area contributed by atoms with Crippen molar-refractivity contribution in [2.24, 2.45) is 0 Å². The predicted molar refractivity (Wildman–Crippen MR) is 63.8 cm³/mol. The highest BCUT2D eigenvalue weighted by Gasteiger charge is 2.28. The molecule has 1 aromatic rings. The lowest BCUT2D eigenvalue weighted by atomic mass is 9.98. The number of fused-ring (bicyclic) bond motifs is 1. The first-order valence-electron chi connectivity index (χ1n) is 5.75. The molecule has 0 aliphatic carbocycles. The maximum absolute atomic E-state index is 9.36. The van der Waals surface area contributed by atoms with E-state index in [9.17, 15) is 5.11 Å². The summed E-state index contributed by atoms with van der Waals surface area (Å²) in [6.45, 7) is 7.18. The van der Waals surface area contributed by atoms with Crippen LogP contribution in [0.4, 0.5) is 0 Å².